The van der Waals surface area contributed by atoms with E-state index in [2.05, 4.69) is 10.6 Å². The molecule has 0 fully saturated rings. The molecule has 3 nitrogen and oxygen atoms in total. The maximum atomic E-state index is 11.7. The Morgan fingerprint density at radius 3 is 2.68 bits per heavy atom. The van der Waals surface area contributed by atoms with Crippen molar-refractivity contribution in [3.8, 4) is 0 Å². The van der Waals surface area contributed by atoms with Crippen molar-refractivity contribution in [2.75, 3.05) is 12.4 Å². The lowest BCUT2D eigenvalue weighted by atomic mass is 10.1. The van der Waals surface area contributed by atoms with Crippen LogP contribution in [0.15, 0.2) is 42.1 Å². The molecule has 2 N–H and O–H groups in total. The predicted molar refractivity (Wildman–Crippen MR) is 91.6 cm³/mol. The van der Waals surface area contributed by atoms with Gasteiger partial charge in [-0.3, -0.25) is 4.79 Å². The quantitative estimate of drug-likeness (QED) is 0.876. The topological polar surface area (TPSA) is 41.1 Å². The maximum Gasteiger partial charge on any atom is 0.251 e. The van der Waals surface area contributed by atoms with Crippen molar-refractivity contribution in [2.24, 2.45) is 0 Å². The second-order valence-corrected chi connectivity index (χ2v) is 5.91. The Balaban J connectivity index is 1.81. The van der Waals surface area contributed by atoms with E-state index in [0.29, 0.717) is 15.6 Å². The van der Waals surface area contributed by atoms with Crippen molar-refractivity contribution in [3.05, 3.63) is 68.8 Å². The van der Waals surface area contributed by atoms with Gasteiger partial charge in [-0.05, 0) is 47.5 Å². The van der Waals surface area contributed by atoms with Crippen molar-refractivity contribution >= 4 is 40.9 Å². The number of allylic oxidation sites excluding steroid dienone is 1. The molecule has 112 valence electrons. The van der Waals surface area contributed by atoms with Crippen molar-refractivity contribution in [1.29, 1.82) is 0 Å². The van der Waals surface area contributed by atoms with Gasteiger partial charge >= 0.3 is 0 Å². The molecule has 0 saturated heterocycles. The SMILES string of the molecule is CNC(=O)c1cccc(NC2=Cc3cc(Cl)c(Cl)cc3C2)c1. The summed E-state index contributed by atoms with van der Waals surface area (Å²) >= 11 is 12.1. The van der Waals surface area contributed by atoms with E-state index in [0.717, 1.165) is 28.9 Å². The fraction of sp³-hybridized carbons (Fsp3) is 0.118. The van der Waals surface area contributed by atoms with Crippen LogP contribution in [-0.2, 0) is 6.42 Å². The fourth-order valence-corrected chi connectivity index (χ4v) is 2.84. The highest BCUT2D eigenvalue weighted by molar-refractivity contribution is 6.42. The molecule has 0 bridgehead atoms. The number of hydrogen-bond donors (Lipinski definition) is 2. The van der Waals surface area contributed by atoms with Gasteiger partial charge in [0.15, 0.2) is 0 Å². The van der Waals surface area contributed by atoms with Crippen LogP contribution in [0.1, 0.15) is 21.5 Å². The molecular formula is C17H14Cl2N2O. The van der Waals surface area contributed by atoms with E-state index in [4.69, 9.17) is 23.2 Å². The van der Waals surface area contributed by atoms with Gasteiger partial charge in [0.1, 0.15) is 0 Å². The molecule has 0 unspecified atom stereocenters. The summed E-state index contributed by atoms with van der Waals surface area (Å²) in [6.07, 6.45) is 2.81. The number of benzene rings is 2. The summed E-state index contributed by atoms with van der Waals surface area (Å²) in [6.45, 7) is 0. The van der Waals surface area contributed by atoms with Gasteiger partial charge in [-0.25, -0.2) is 0 Å². The van der Waals surface area contributed by atoms with Gasteiger partial charge in [-0.15, -0.1) is 0 Å². The first kappa shape index (κ1) is 14.9. The van der Waals surface area contributed by atoms with Crippen LogP contribution in [-0.4, -0.2) is 13.0 Å². The predicted octanol–water partition coefficient (Wildman–Crippen LogP) is 4.36. The minimum atomic E-state index is -0.106. The standard InChI is InChI=1S/C17H14Cl2N2O/c1-20-17(22)10-3-2-4-13(5-10)21-14-6-11-8-15(18)16(19)9-12(11)7-14/h2-6,8-9,21H,7H2,1H3,(H,20,22). The second-order valence-electron chi connectivity index (χ2n) is 5.10. The molecule has 0 saturated carbocycles. The average molecular weight is 333 g/mol. The van der Waals surface area contributed by atoms with Crippen LogP contribution in [0, 0.1) is 0 Å². The second kappa shape index (κ2) is 6.03. The minimum Gasteiger partial charge on any atom is -0.359 e. The molecule has 1 aliphatic rings. The van der Waals surface area contributed by atoms with Gasteiger partial charge in [0.25, 0.3) is 5.91 Å². The Hall–Kier alpha value is -1.97. The van der Waals surface area contributed by atoms with Gasteiger partial charge in [0, 0.05) is 30.4 Å². The molecule has 0 heterocycles. The molecule has 0 radical (unpaired) electrons. The van der Waals surface area contributed by atoms with E-state index in [9.17, 15) is 4.79 Å². The van der Waals surface area contributed by atoms with Crippen LogP contribution in [0.2, 0.25) is 10.0 Å². The lowest BCUT2D eigenvalue weighted by Gasteiger charge is -2.09. The molecule has 0 aliphatic heterocycles. The van der Waals surface area contributed by atoms with Crippen LogP contribution < -0.4 is 10.6 Å². The molecule has 22 heavy (non-hydrogen) atoms. The number of nitrogens with one attached hydrogen (secondary N) is 2. The average Bonchev–Trinajstić information content (AvgIpc) is 2.88. The first-order chi connectivity index (χ1) is 10.6. The van der Waals surface area contributed by atoms with E-state index in [1.54, 1.807) is 13.1 Å². The Morgan fingerprint density at radius 1 is 1.14 bits per heavy atom. The van der Waals surface area contributed by atoms with E-state index >= 15 is 0 Å². The summed E-state index contributed by atoms with van der Waals surface area (Å²) in [5.74, 6) is -0.106. The van der Waals surface area contributed by atoms with Gasteiger partial charge in [0.05, 0.1) is 10.0 Å². The molecule has 5 heteroatoms. The number of carbonyl (C=O) groups is 1. The van der Waals surface area contributed by atoms with Gasteiger partial charge in [0.2, 0.25) is 0 Å². The van der Waals surface area contributed by atoms with Gasteiger partial charge in [-0.1, -0.05) is 29.3 Å². The normalized spacial score (nSPS) is 12.6. The number of carbonyl (C=O) groups excluding carboxylic acids is 1. The Labute approximate surface area is 138 Å². The summed E-state index contributed by atoms with van der Waals surface area (Å²) in [5, 5.41) is 7.08. The van der Waals surface area contributed by atoms with E-state index in [1.165, 1.54) is 0 Å². The van der Waals surface area contributed by atoms with Crippen molar-refractivity contribution < 1.29 is 4.79 Å². The number of halogens is 2. The smallest absolute Gasteiger partial charge is 0.251 e. The van der Waals surface area contributed by atoms with Crippen LogP contribution >= 0.6 is 23.2 Å². The Kier molecular flexibility index (Phi) is 4.10. The summed E-state index contributed by atoms with van der Waals surface area (Å²) in [6, 6.07) is 11.1. The van der Waals surface area contributed by atoms with Crippen molar-refractivity contribution in [1.82, 2.24) is 5.32 Å². The van der Waals surface area contributed by atoms with E-state index in [-0.39, 0.29) is 5.91 Å². The van der Waals surface area contributed by atoms with Crippen LogP contribution in [0.4, 0.5) is 5.69 Å². The molecule has 0 atom stereocenters. The van der Waals surface area contributed by atoms with E-state index < -0.39 is 0 Å². The van der Waals surface area contributed by atoms with Crippen LogP contribution in [0.5, 0.6) is 0 Å². The van der Waals surface area contributed by atoms with Crippen molar-refractivity contribution in [2.45, 2.75) is 6.42 Å². The first-order valence-corrected chi connectivity index (χ1v) is 7.60. The third-order valence-corrected chi connectivity index (χ3v) is 4.27. The van der Waals surface area contributed by atoms with E-state index in [1.807, 2.05) is 36.4 Å². The summed E-state index contributed by atoms with van der Waals surface area (Å²) in [4.78, 5) is 11.7. The first-order valence-electron chi connectivity index (χ1n) is 6.84. The van der Waals surface area contributed by atoms with Crippen molar-refractivity contribution in [3.63, 3.8) is 0 Å². The number of anilines is 1. The molecule has 0 aromatic heterocycles. The highest BCUT2D eigenvalue weighted by Crippen LogP contribution is 2.33. The number of hydrogen-bond acceptors (Lipinski definition) is 2. The zero-order chi connectivity index (χ0) is 15.7. The number of rotatable bonds is 3. The zero-order valence-corrected chi connectivity index (χ0v) is 13.4. The molecule has 2 aromatic rings. The monoisotopic (exact) mass is 332 g/mol. The Bertz CT molecular complexity index is 784. The summed E-state index contributed by atoms with van der Waals surface area (Å²) < 4.78 is 0. The third-order valence-electron chi connectivity index (χ3n) is 3.55. The van der Waals surface area contributed by atoms with Crippen LogP contribution in [0.25, 0.3) is 6.08 Å². The minimum absolute atomic E-state index is 0.106. The van der Waals surface area contributed by atoms with Crippen LogP contribution in [0.3, 0.4) is 0 Å². The molecule has 1 aliphatic carbocycles. The largest absolute Gasteiger partial charge is 0.359 e. The van der Waals surface area contributed by atoms with Gasteiger partial charge in [-0.2, -0.15) is 0 Å². The highest BCUT2D eigenvalue weighted by Gasteiger charge is 2.15. The molecular weight excluding hydrogens is 319 g/mol. The number of amides is 1. The molecule has 1 amide bonds. The third kappa shape index (κ3) is 2.96. The lowest BCUT2D eigenvalue weighted by molar-refractivity contribution is 0.0963. The molecule has 0 spiro atoms. The number of fused-ring (bicyclic) bond motifs is 1. The molecule has 3 rings (SSSR count). The summed E-state index contributed by atoms with van der Waals surface area (Å²) in [7, 11) is 1.62. The highest BCUT2D eigenvalue weighted by atomic mass is 35.5. The fourth-order valence-electron chi connectivity index (χ4n) is 2.48. The molecule has 2 aromatic carbocycles. The summed E-state index contributed by atoms with van der Waals surface area (Å²) in [5.41, 5.74) is 4.74. The zero-order valence-electron chi connectivity index (χ0n) is 11.9. The van der Waals surface area contributed by atoms with Gasteiger partial charge < -0.3 is 10.6 Å². The lowest BCUT2D eigenvalue weighted by Crippen LogP contribution is -2.17. The maximum absolute atomic E-state index is 11.7. The Morgan fingerprint density at radius 2 is 1.91 bits per heavy atom.